The van der Waals surface area contributed by atoms with Crippen LogP contribution in [0.3, 0.4) is 0 Å². The van der Waals surface area contributed by atoms with Gasteiger partial charge in [0.05, 0.1) is 6.61 Å². The number of hydrogen-bond acceptors (Lipinski definition) is 6. The molecule has 1 saturated heterocycles. The first-order valence-electron chi connectivity index (χ1n) is 8.39. The van der Waals surface area contributed by atoms with Crippen LogP contribution in [0, 0.1) is 0 Å². The van der Waals surface area contributed by atoms with E-state index < -0.39 is 0 Å². The fraction of sp³-hybridized carbons (Fsp3) is 0.625. The highest BCUT2D eigenvalue weighted by Gasteiger charge is 2.26. The Morgan fingerprint density at radius 1 is 1.32 bits per heavy atom. The van der Waals surface area contributed by atoms with Crippen LogP contribution in [0.2, 0.25) is 0 Å². The summed E-state index contributed by atoms with van der Waals surface area (Å²) < 4.78 is 8.43. The minimum Gasteiger partial charge on any atom is -0.368 e. The number of H-pyrrole nitrogens is 1. The average molecular weight is 348 g/mol. The van der Waals surface area contributed by atoms with Gasteiger partial charge in [0.2, 0.25) is 0 Å². The van der Waals surface area contributed by atoms with Gasteiger partial charge >= 0.3 is 5.69 Å². The lowest BCUT2D eigenvalue weighted by atomic mass is 10.2. The van der Waals surface area contributed by atoms with Gasteiger partial charge in [0, 0.05) is 51.4 Å². The van der Waals surface area contributed by atoms with Gasteiger partial charge in [-0.15, -0.1) is 0 Å². The third-order valence-corrected chi connectivity index (χ3v) is 4.50. The highest BCUT2D eigenvalue weighted by atomic mass is 16.5. The molecule has 1 aliphatic rings. The van der Waals surface area contributed by atoms with Crippen molar-refractivity contribution in [1.29, 1.82) is 0 Å². The topological polar surface area (TPSA) is 98.0 Å². The van der Waals surface area contributed by atoms with E-state index in [9.17, 15) is 9.59 Å². The molecule has 136 valence electrons. The van der Waals surface area contributed by atoms with Crippen LogP contribution in [0.4, 0.5) is 0 Å². The van der Waals surface area contributed by atoms with E-state index in [1.807, 2.05) is 13.8 Å². The van der Waals surface area contributed by atoms with Crippen LogP contribution >= 0.6 is 0 Å². The Bertz CT molecular complexity index is 865. The number of rotatable bonds is 4. The van der Waals surface area contributed by atoms with Gasteiger partial charge in [0.15, 0.2) is 11.6 Å². The first-order chi connectivity index (χ1) is 11.9. The molecule has 0 amide bonds. The number of hydrogen-bond donors (Lipinski definition) is 1. The highest BCUT2D eigenvalue weighted by molar-refractivity contribution is 5.04. The zero-order valence-electron chi connectivity index (χ0n) is 15.0. The Morgan fingerprint density at radius 2 is 2.08 bits per heavy atom. The molecule has 0 spiro atoms. The Labute approximate surface area is 145 Å². The molecule has 3 heterocycles. The SMILES string of the molecule is CC(C)c1n[nH]c([C@@H]2CN(Cc3cc(=O)n(C)c(=O)n3C)CCO2)n1. The van der Waals surface area contributed by atoms with Gasteiger partial charge in [-0.05, 0) is 0 Å². The minimum absolute atomic E-state index is 0.197. The van der Waals surface area contributed by atoms with E-state index in [2.05, 4.69) is 20.1 Å². The van der Waals surface area contributed by atoms with E-state index in [1.54, 1.807) is 7.05 Å². The Balaban J connectivity index is 1.76. The maximum Gasteiger partial charge on any atom is 0.330 e. The summed E-state index contributed by atoms with van der Waals surface area (Å²) in [5, 5.41) is 7.18. The van der Waals surface area contributed by atoms with Gasteiger partial charge in [-0.2, -0.15) is 5.10 Å². The van der Waals surface area contributed by atoms with Crippen LogP contribution in [-0.4, -0.2) is 48.9 Å². The molecule has 1 aliphatic heterocycles. The van der Waals surface area contributed by atoms with Gasteiger partial charge in [0.25, 0.3) is 5.56 Å². The summed E-state index contributed by atoms with van der Waals surface area (Å²) in [6, 6.07) is 1.51. The van der Waals surface area contributed by atoms with Crippen molar-refractivity contribution in [2.45, 2.75) is 32.4 Å². The number of aromatic amines is 1. The van der Waals surface area contributed by atoms with Crippen molar-refractivity contribution >= 4 is 0 Å². The molecule has 0 aromatic carbocycles. The number of nitrogens with one attached hydrogen (secondary N) is 1. The molecule has 9 heteroatoms. The lowest BCUT2D eigenvalue weighted by Gasteiger charge is -2.32. The second kappa shape index (κ2) is 6.93. The Morgan fingerprint density at radius 3 is 2.76 bits per heavy atom. The molecule has 25 heavy (non-hydrogen) atoms. The molecule has 1 fully saturated rings. The van der Waals surface area contributed by atoms with Crippen LogP contribution in [0.1, 0.15) is 43.2 Å². The van der Waals surface area contributed by atoms with E-state index in [4.69, 9.17) is 4.74 Å². The van der Waals surface area contributed by atoms with Gasteiger partial charge in [0.1, 0.15) is 6.10 Å². The van der Waals surface area contributed by atoms with Crippen molar-refractivity contribution < 1.29 is 4.74 Å². The van der Waals surface area contributed by atoms with Gasteiger partial charge < -0.3 is 4.74 Å². The molecule has 1 N–H and O–H groups in total. The highest BCUT2D eigenvalue weighted by Crippen LogP contribution is 2.21. The minimum atomic E-state index is -0.316. The number of nitrogens with zero attached hydrogens (tertiary/aromatic N) is 5. The lowest BCUT2D eigenvalue weighted by molar-refractivity contribution is -0.0377. The average Bonchev–Trinajstić information content (AvgIpc) is 3.08. The Kier molecular flexibility index (Phi) is 4.87. The molecule has 0 radical (unpaired) electrons. The lowest BCUT2D eigenvalue weighted by Crippen LogP contribution is -2.42. The molecule has 3 rings (SSSR count). The smallest absolute Gasteiger partial charge is 0.330 e. The first-order valence-corrected chi connectivity index (χ1v) is 8.39. The molecule has 2 aromatic heterocycles. The third kappa shape index (κ3) is 3.57. The van der Waals surface area contributed by atoms with Crippen LogP contribution in [0.5, 0.6) is 0 Å². The van der Waals surface area contributed by atoms with Crippen LogP contribution < -0.4 is 11.2 Å². The van der Waals surface area contributed by atoms with E-state index in [0.29, 0.717) is 31.2 Å². The molecule has 1 atom stereocenters. The Hall–Kier alpha value is -2.26. The predicted octanol–water partition coefficient (Wildman–Crippen LogP) is -0.101. The monoisotopic (exact) mass is 348 g/mol. The summed E-state index contributed by atoms with van der Waals surface area (Å²) in [5.74, 6) is 1.73. The van der Waals surface area contributed by atoms with Crippen molar-refractivity contribution in [1.82, 2.24) is 29.2 Å². The van der Waals surface area contributed by atoms with Gasteiger partial charge in [-0.1, -0.05) is 13.8 Å². The number of ether oxygens (including phenoxy) is 1. The summed E-state index contributed by atoms with van der Waals surface area (Å²) >= 11 is 0. The van der Waals surface area contributed by atoms with E-state index in [1.165, 1.54) is 17.7 Å². The molecular weight excluding hydrogens is 324 g/mol. The normalized spacial score (nSPS) is 18.8. The van der Waals surface area contributed by atoms with E-state index >= 15 is 0 Å². The largest absolute Gasteiger partial charge is 0.368 e. The first kappa shape index (κ1) is 17.6. The fourth-order valence-electron chi connectivity index (χ4n) is 2.86. The van der Waals surface area contributed by atoms with Crippen molar-refractivity contribution in [2.75, 3.05) is 19.7 Å². The predicted molar refractivity (Wildman–Crippen MR) is 91.4 cm³/mol. The summed E-state index contributed by atoms with van der Waals surface area (Å²) in [5.41, 5.74) is 0.0815. The van der Waals surface area contributed by atoms with Crippen LogP contribution in [0.15, 0.2) is 15.7 Å². The van der Waals surface area contributed by atoms with Crippen molar-refractivity contribution in [3.63, 3.8) is 0 Å². The standard InChI is InChI=1S/C16H24N6O3/c1-10(2)14-17-15(19-18-14)12-9-22(5-6-25-12)8-11-7-13(23)21(4)16(24)20(11)3/h7,10,12H,5-6,8-9H2,1-4H3,(H,17,18,19)/t12-/m0/s1. The number of aromatic nitrogens is 5. The van der Waals surface area contributed by atoms with Gasteiger partial charge in [-0.3, -0.25) is 23.9 Å². The summed E-state index contributed by atoms with van der Waals surface area (Å²) in [4.78, 5) is 30.6. The van der Waals surface area contributed by atoms with Crippen molar-refractivity contribution in [3.05, 3.63) is 44.2 Å². The molecule has 2 aromatic rings. The zero-order valence-corrected chi connectivity index (χ0v) is 15.0. The molecule has 0 aliphatic carbocycles. The second-order valence-corrected chi connectivity index (χ2v) is 6.70. The summed E-state index contributed by atoms with van der Waals surface area (Å²) in [6.45, 7) is 6.49. The maximum absolute atomic E-state index is 12.1. The third-order valence-electron chi connectivity index (χ3n) is 4.50. The second-order valence-electron chi connectivity index (χ2n) is 6.70. The molecule has 0 unspecified atom stereocenters. The van der Waals surface area contributed by atoms with Crippen LogP contribution in [0.25, 0.3) is 0 Å². The van der Waals surface area contributed by atoms with Crippen molar-refractivity contribution in [3.8, 4) is 0 Å². The molecular formula is C16H24N6O3. The maximum atomic E-state index is 12.1. The quantitative estimate of drug-likeness (QED) is 0.828. The van der Waals surface area contributed by atoms with Crippen molar-refractivity contribution in [2.24, 2.45) is 14.1 Å². The summed E-state index contributed by atoms with van der Waals surface area (Å²) in [6.07, 6.45) is -0.197. The fourth-order valence-corrected chi connectivity index (χ4v) is 2.86. The van der Waals surface area contributed by atoms with Crippen LogP contribution in [-0.2, 0) is 25.4 Å². The van der Waals surface area contributed by atoms with Gasteiger partial charge in [-0.25, -0.2) is 9.78 Å². The van der Waals surface area contributed by atoms with E-state index in [-0.39, 0.29) is 23.3 Å². The molecule has 0 saturated carbocycles. The van der Waals surface area contributed by atoms with E-state index in [0.717, 1.165) is 16.9 Å². The molecule has 9 nitrogen and oxygen atoms in total. The summed E-state index contributed by atoms with van der Waals surface area (Å²) in [7, 11) is 3.16. The zero-order chi connectivity index (χ0) is 18.1. The molecule has 0 bridgehead atoms. The number of morpholine rings is 1.